The average molecular weight is 469 g/mol. The zero-order valence-corrected chi connectivity index (χ0v) is 17.8. The molecule has 0 atom stereocenters. The summed E-state index contributed by atoms with van der Waals surface area (Å²) >= 11 is 0. The highest BCUT2D eigenvalue weighted by Gasteiger charge is 2.38. The molecule has 1 aliphatic heterocycles. The summed E-state index contributed by atoms with van der Waals surface area (Å²) < 4.78 is 52.4. The van der Waals surface area contributed by atoms with E-state index in [0.29, 0.717) is 11.5 Å². The van der Waals surface area contributed by atoms with E-state index in [0.717, 1.165) is 45.0 Å². The number of benzene rings is 1. The van der Waals surface area contributed by atoms with Gasteiger partial charge in [-0.3, -0.25) is 14.5 Å². The second kappa shape index (κ2) is 10.6. The monoisotopic (exact) mass is 469 g/mol. The van der Waals surface area contributed by atoms with Crippen LogP contribution < -0.4 is 0 Å². The van der Waals surface area contributed by atoms with Crippen LogP contribution in [0.3, 0.4) is 0 Å². The molecule has 1 aliphatic rings. The fraction of sp³-hybridized carbons (Fsp3) is 0.381. The summed E-state index contributed by atoms with van der Waals surface area (Å²) in [5.74, 6) is -2.57. The van der Waals surface area contributed by atoms with Crippen molar-refractivity contribution in [2.24, 2.45) is 7.05 Å². The van der Waals surface area contributed by atoms with Crippen LogP contribution in [0.2, 0.25) is 0 Å². The number of carbonyl (C=O) groups is 1. The number of oxazole rings is 1. The first kappa shape index (κ1) is 24.4. The van der Waals surface area contributed by atoms with E-state index in [1.807, 2.05) is 17.9 Å². The highest BCUT2D eigenvalue weighted by Crippen LogP contribution is 2.20. The molecule has 3 aromatic rings. The van der Waals surface area contributed by atoms with E-state index >= 15 is 0 Å². The summed E-state index contributed by atoms with van der Waals surface area (Å²) in [5.41, 5.74) is 2.79. The van der Waals surface area contributed by atoms with Crippen molar-refractivity contribution in [2.75, 3.05) is 26.2 Å². The molecule has 0 spiro atoms. The first-order valence-electron chi connectivity index (χ1n) is 10.0. The van der Waals surface area contributed by atoms with Crippen LogP contribution in [0.4, 0.5) is 17.6 Å². The van der Waals surface area contributed by atoms with Gasteiger partial charge in [0, 0.05) is 63.6 Å². The molecule has 1 aromatic carbocycles. The van der Waals surface area contributed by atoms with Crippen molar-refractivity contribution in [3.63, 3.8) is 0 Å². The predicted octanol–water partition coefficient (Wildman–Crippen LogP) is 3.17. The Labute approximate surface area is 187 Å². The number of nitrogens with zero attached hydrogens (tertiary/aromatic N) is 5. The van der Waals surface area contributed by atoms with Crippen LogP contribution in [0, 0.1) is 5.82 Å². The molecule has 4 rings (SSSR count). The molecule has 1 saturated heterocycles. The molecular weight excluding hydrogens is 446 g/mol. The minimum atomic E-state index is -5.08. The van der Waals surface area contributed by atoms with E-state index < -0.39 is 12.1 Å². The first-order chi connectivity index (χ1) is 15.6. The number of carboxylic acid groups (broad SMARTS) is 1. The number of rotatable bonds is 5. The van der Waals surface area contributed by atoms with Gasteiger partial charge in [-0.1, -0.05) is 6.07 Å². The van der Waals surface area contributed by atoms with Crippen molar-refractivity contribution < 1.29 is 31.9 Å². The highest BCUT2D eigenvalue weighted by atomic mass is 19.4. The largest absolute Gasteiger partial charge is 0.490 e. The van der Waals surface area contributed by atoms with Gasteiger partial charge in [0.1, 0.15) is 12.1 Å². The third-order valence-corrected chi connectivity index (χ3v) is 4.88. The Bertz CT molecular complexity index is 1060. The van der Waals surface area contributed by atoms with Crippen molar-refractivity contribution in [1.82, 2.24) is 24.6 Å². The van der Waals surface area contributed by atoms with Gasteiger partial charge in [0.25, 0.3) is 0 Å². The van der Waals surface area contributed by atoms with Crippen molar-refractivity contribution in [3.05, 3.63) is 60.0 Å². The molecule has 0 saturated carbocycles. The van der Waals surface area contributed by atoms with Crippen LogP contribution in [0.5, 0.6) is 0 Å². The third kappa shape index (κ3) is 7.39. The van der Waals surface area contributed by atoms with Crippen LogP contribution >= 0.6 is 0 Å². The summed E-state index contributed by atoms with van der Waals surface area (Å²) in [4.78, 5) is 18.2. The molecule has 0 radical (unpaired) electrons. The summed E-state index contributed by atoms with van der Waals surface area (Å²) in [6.45, 7) is 5.70. The topological polar surface area (TPSA) is 87.6 Å². The molecule has 0 unspecified atom stereocenters. The maximum atomic E-state index is 13.3. The molecule has 178 valence electrons. The number of aromatic nitrogens is 3. The third-order valence-electron chi connectivity index (χ3n) is 4.88. The summed E-state index contributed by atoms with van der Waals surface area (Å²) in [6.07, 6.45) is 0.577. The van der Waals surface area contributed by atoms with Crippen LogP contribution in [0.25, 0.3) is 11.5 Å². The van der Waals surface area contributed by atoms with Crippen molar-refractivity contribution in [2.45, 2.75) is 19.3 Å². The Morgan fingerprint density at radius 2 is 1.79 bits per heavy atom. The zero-order chi connectivity index (χ0) is 24.0. The molecular formula is C21H23F4N5O3. The maximum absolute atomic E-state index is 13.3. The number of hydrogen-bond acceptors (Lipinski definition) is 6. The van der Waals surface area contributed by atoms with Gasteiger partial charge in [-0.05, 0) is 18.2 Å². The Hall–Kier alpha value is -3.25. The Kier molecular flexibility index (Phi) is 7.82. The fourth-order valence-electron chi connectivity index (χ4n) is 3.28. The van der Waals surface area contributed by atoms with E-state index in [4.69, 9.17) is 14.3 Å². The number of alkyl halides is 3. The lowest BCUT2D eigenvalue weighted by atomic mass is 10.2. The van der Waals surface area contributed by atoms with E-state index in [1.165, 1.54) is 17.7 Å². The number of carboxylic acids is 1. The highest BCUT2D eigenvalue weighted by molar-refractivity contribution is 5.73. The van der Waals surface area contributed by atoms with Gasteiger partial charge >= 0.3 is 12.1 Å². The number of aliphatic carboxylic acids is 1. The van der Waals surface area contributed by atoms with Crippen molar-refractivity contribution in [3.8, 4) is 11.5 Å². The van der Waals surface area contributed by atoms with Gasteiger partial charge in [-0.2, -0.15) is 18.3 Å². The minimum Gasteiger partial charge on any atom is -0.475 e. The molecule has 0 bridgehead atoms. The smallest absolute Gasteiger partial charge is 0.475 e. The normalized spacial score (nSPS) is 15.2. The van der Waals surface area contributed by atoms with E-state index in [2.05, 4.69) is 26.1 Å². The summed E-state index contributed by atoms with van der Waals surface area (Å²) in [6, 6.07) is 6.32. The van der Waals surface area contributed by atoms with Crippen molar-refractivity contribution in [1.29, 1.82) is 0 Å². The second-order valence-corrected chi connectivity index (χ2v) is 7.53. The van der Waals surface area contributed by atoms with Gasteiger partial charge in [-0.15, -0.1) is 0 Å². The lowest BCUT2D eigenvalue weighted by molar-refractivity contribution is -0.192. The Morgan fingerprint density at radius 1 is 1.15 bits per heavy atom. The quantitative estimate of drug-likeness (QED) is 0.575. The van der Waals surface area contributed by atoms with Gasteiger partial charge in [0.15, 0.2) is 0 Å². The molecule has 0 aliphatic carbocycles. The summed E-state index contributed by atoms with van der Waals surface area (Å²) in [7, 11) is 1.94. The Morgan fingerprint density at radius 3 is 2.33 bits per heavy atom. The van der Waals surface area contributed by atoms with Gasteiger partial charge in [0.2, 0.25) is 5.89 Å². The molecule has 8 nitrogen and oxygen atoms in total. The predicted molar refractivity (Wildman–Crippen MR) is 109 cm³/mol. The SMILES string of the molecule is Cn1cc(CN2CCN(Cc3coc(-c4cccc(F)c4)n3)CC2)cn1.O=C(O)C(F)(F)F. The molecule has 0 amide bonds. The lowest BCUT2D eigenvalue weighted by Crippen LogP contribution is -2.45. The van der Waals surface area contributed by atoms with Crippen LogP contribution in [0.1, 0.15) is 11.3 Å². The molecule has 33 heavy (non-hydrogen) atoms. The lowest BCUT2D eigenvalue weighted by Gasteiger charge is -2.33. The van der Waals surface area contributed by atoms with Crippen LogP contribution in [-0.4, -0.2) is 68.0 Å². The maximum Gasteiger partial charge on any atom is 0.490 e. The van der Waals surface area contributed by atoms with Gasteiger partial charge in [-0.25, -0.2) is 14.2 Å². The van der Waals surface area contributed by atoms with Crippen LogP contribution in [0.15, 0.2) is 47.3 Å². The zero-order valence-electron chi connectivity index (χ0n) is 17.8. The standard InChI is InChI=1S/C19H22FN5O.C2HF3O2/c1-23-11-15(10-21-23)12-24-5-7-25(8-6-24)13-18-14-26-19(22-18)16-3-2-4-17(20)9-16;3-2(4,5)1(6)7/h2-4,9-11,14H,5-8,12-13H2,1H3;(H,6,7). The fourth-order valence-corrected chi connectivity index (χ4v) is 3.28. The van der Waals surface area contributed by atoms with Gasteiger partial charge < -0.3 is 9.52 Å². The van der Waals surface area contributed by atoms with Gasteiger partial charge in [0.05, 0.1) is 11.9 Å². The number of halogens is 4. The number of piperazine rings is 1. The van der Waals surface area contributed by atoms with E-state index in [9.17, 15) is 17.6 Å². The van der Waals surface area contributed by atoms with E-state index in [-0.39, 0.29) is 5.82 Å². The van der Waals surface area contributed by atoms with E-state index in [1.54, 1.807) is 18.4 Å². The molecule has 1 fully saturated rings. The van der Waals surface area contributed by atoms with Crippen molar-refractivity contribution >= 4 is 5.97 Å². The minimum absolute atomic E-state index is 0.285. The molecule has 3 heterocycles. The molecule has 1 N–H and O–H groups in total. The average Bonchev–Trinajstić information content (AvgIpc) is 3.38. The number of aryl methyl sites for hydroxylation is 1. The second-order valence-electron chi connectivity index (χ2n) is 7.53. The Balaban J connectivity index is 0.000000383. The first-order valence-corrected chi connectivity index (χ1v) is 10.0. The number of hydrogen-bond donors (Lipinski definition) is 1. The summed E-state index contributed by atoms with van der Waals surface area (Å²) in [5, 5.41) is 11.3. The molecule has 12 heteroatoms. The molecule has 2 aromatic heterocycles. The van der Waals surface area contributed by atoms with Crippen LogP contribution in [-0.2, 0) is 24.9 Å².